The molecule has 0 heterocycles. The Morgan fingerprint density at radius 3 is 1.77 bits per heavy atom. The molecule has 0 aliphatic carbocycles. The van der Waals surface area contributed by atoms with E-state index in [2.05, 4.69) is 0 Å². The number of hydrogen-bond acceptors (Lipinski definition) is 4. The lowest BCUT2D eigenvalue weighted by Gasteiger charge is -2.27. The van der Waals surface area contributed by atoms with Crippen LogP contribution in [0.4, 0.5) is 0 Å². The molecular formula is C9H16O4. The molecule has 0 spiro atoms. The number of hydrogen-bond donors (Lipinski definition) is 0. The Labute approximate surface area is 78.2 Å². The fourth-order valence-electron chi connectivity index (χ4n) is 1.19. The molecule has 0 aliphatic heterocycles. The van der Waals surface area contributed by atoms with Crippen molar-refractivity contribution in [1.82, 2.24) is 0 Å². The Balaban J connectivity index is 4.32. The van der Waals surface area contributed by atoms with Gasteiger partial charge in [-0.1, -0.05) is 6.92 Å². The van der Waals surface area contributed by atoms with Crippen molar-refractivity contribution in [3.63, 3.8) is 0 Å². The van der Waals surface area contributed by atoms with E-state index < -0.39 is 17.7 Å². The maximum Gasteiger partial charge on any atom is 0.305 e. The maximum atomic E-state index is 10.7. The summed E-state index contributed by atoms with van der Waals surface area (Å²) in [6, 6.07) is 0. The second kappa shape index (κ2) is 4.84. The summed E-state index contributed by atoms with van der Waals surface area (Å²) in [5, 5.41) is 0. The van der Waals surface area contributed by atoms with Crippen LogP contribution >= 0.6 is 0 Å². The van der Waals surface area contributed by atoms with Crippen molar-refractivity contribution in [1.29, 1.82) is 0 Å². The topological polar surface area (TPSA) is 52.6 Å². The third-order valence-corrected chi connectivity index (χ3v) is 1.42. The molecule has 13 heavy (non-hydrogen) atoms. The Hall–Kier alpha value is -1.06. The highest BCUT2D eigenvalue weighted by molar-refractivity contribution is 5.68. The molecule has 0 saturated carbocycles. The van der Waals surface area contributed by atoms with E-state index in [1.165, 1.54) is 13.8 Å². The van der Waals surface area contributed by atoms with E-state index in [0.29, 0.717) is 6.42 Å². The highest BCUT2D eigenvalue weighted by atomic mass is 16.7. The number of ether oxygens (including phenoxy) is 2. The molecule has 0 N–H and O–H groups in total. The zero-order valence-electron chi connectivity index (χ0n) is 8.55. The van der Waals surface area contributed by atoms with Gasteiger partial charge in [-0.05, 0) is 6.42 Å². The monoisotopic (exact) mass is 188 g/mol. The van der Waals surface area contributed by atoms with Gasteiger partial charge in [-0.25, -0.2) is 0 Å². The molecular weight excluding hydrogens is 172 g/mol. The van der Waals surface area contributed by atoms with Crippen LogP contribution in [0.25, 0.3) is 0 Å². The molecule has 76 valence electrons. The maximum absolute atomic E-state index is 10.7. The largest absolute Gasteiger partial charge is 0.423 e. The smallest absolute Gasteiger partial charge is 0.305 e. The Morgan fingerprint density at radius 1 is 1.15 bits per heavy atom. The average Bonchev–Trinajstić information content (AvgIpc) is 1.81. The molecule has 0 bridgehead atoms. The zero-order valence-corrected chi connectivity index (χ0v) is 8.55. The third kappa shape index (κ3) is 5.22. The second-order valence-corrected chi connectivity index (χ2v) is 3.07. The van der Waals surface area contributed by atoms with E-state index in [1.54, 1.807) is 6.92 Å². The van der Waals surface area contributed by atoms with Gasteiger partial charge in [-0.15, -0.1) is 0 Å². The van der Waals surface area contributed by atoms with Gasteiger partial charge in [0.2, 0.25) is 0 Å². The van der Waals surface area contributed by atoms with Crippen molar-refractivity contribution in [2.75, 3.05) is 0 Å². The normalized spacial score (nSPS) is 10.8. The molecule has 0 aromatic rings. The fraction of sp³-hybridized carbons (Fsp3) is 0.778. The summed E-state index contributed by atoms with van der Waals surface area (Å²) in [7, 11) is 0. The van der Waals surface area contributed by atoms with Gasteiger partial charge in [-0.2, -0.15) is 0 Å². The first kappa shape index (κ1) is 11.9. The lowest BCUT2D eigenvalue weighted by Crippen LogP contribution is -2.35. The first-order valence-corrected chi connectivity index (χ1v) is 4.29. The lowest BCUT2D eigenvalue weighted by atomic mass is 10.2. The first-order valence-electron chi connectivity index (χ1n) is 4.29. The standard InChI is InChI=1S/C9H16O4/c1-5-6-9(4,12-7(2)10)13-8(3)11/h5-6H2,1-4H3. The summed E-state index contributed by atoms with van der Waals surface area (Å²) in [5.74, 6) is -2.00. The van der Waals surface area contributed by atoms with Crippen LogP contribution in [0, 0.1) is 0 Å². The van der Waals surface area contributed by atoms with E-state index in [-0.39, 0.29) is 0 Å². The van der Waals surface area contributed by atoms with Crippen molar-refractivity contribution in [3.05, 3.63) is 0 Å². The van der Waals surface area contributed by atoms with Crippen LogP contribution in [0.15, 0.2) is 0 Å². The molecule has 0 aliphatic rings. The minimum atomic E-state index is -1.10. The quantitative estimate of drug-likeness (QED) is 0.497. The Morgan fingerprint density at radius 2 is 1.54 bits per heavy atom. The van der Waals surface area contributed by atoms with Gasteiger partial charge >= 0.3 is 11.9 Å². The van der Waals surface area contributed by atoms with E-state index in [0.717, 1.165) is 6.42 Å². The number of rotatable bonds is 4. The predicted molar refractivity (Wildman–Crippen MR) is 46.8 cm³/mol. The van der Waals surface area contributed by atoms with E-state index in [1.807, 2.05) is 6.92 Å². The van der Waals surface area contributed by atoms with Crippen molar-refractivity contribution in [2.24, 2.45) is 0 Å². The van der Waals surface area contributed by atoms with Gasteiger partial charge < -0.3 is 9.47 Å². The zero-order chi connectivity index (χ0) is 10.5. The lowest BCUT2D eigenvalue weighted by molar-refractivity contribution is -0.221. The van der Waals surface area contributed by atoms with Crippen molar-refractivity contribution in [3.8, 4) is 0 Å². The molecule has 0 rings (SSSR count). The molecule has 0 radical (unpaired) electrons. The third-order valence-electron chi connectivity index (χ3n) is 1.42. The SMILES string of the molecule is CCCC(C)(OC(C)=O)OC(C)=O. The highest BCUT2D eigenvalue weighted by Gasteiger charge is 2.29. The van der Waals surface area contributed by atoms with E-state index in [9.17, 15) is 9.59 Å². The minimum Gasteiger partial charge on any atom is -0.423 e. The number of carbonyl (C=O) groups excluding carboxylic acids is 2. The molecule has 0 aromatic carbocycles. The van der Waals surface area contributed by atoms with E-state index in [4.69, 9.17) is 9.47 Å². The molecule has 0 amide bonds. The first-order chi connectivity index (χ1) is 5.89. The van der Waals surface area contributed by atoms with Crippen LogP contribution in [0.5, 0.6) is 0 Å². The molecule has 4 heteroatoms. The average molecular weight is 188 g/mol. The summed E-state index contributed by atoms with van der Waals surface area (Å²) < 4.78 is 9.81. The summed E-state index contributed by atoms with van der Waals surface area (Å²) in [5.41, 5.74) is 0. The van der Waals surface area contributed by atoms with Crippen LogP contribution in [0.3, 0.4) is 0 Å². The minimum absolute atomic E-state index is 0.447. The Kier molecular flexibility index (Phi) is 4.45. The number of esters is 2. The van der Waals surface area contributed by atoms with Crippen molar-refractivity contribution in [2.45, 2.75) is 46.3 Å². The van der Waals surface area contributed by atoms with Gasteiger partial charge in [0.1, 0.15) is 0 Å². The summed E-state index contributed by atoms with van der Waals surface area (Å²) in [6.45, 7) is 6.08. The molecule has 0 fully saturated rings. The summed E-state index contributed by atoms with van der Waals surface area (Å²) in [6.07, 6.45) is 1.28. The van der Waals surface area contributed by atoms with Gasteiger partial charge in [0.25, 0.3) is 5.79 Å². The predicted octanol–water partition coefficient (Wildman–Crippen LogP) is 1.63. The van der Waals surface area contributed by atoms with Crippen LogP contribution in [0.1, 0.15) is 40.5 Å². The van der Waals surface area contributed by atoms with Crippen LogP contribution in [-0.4, -0.2) is 17.7 Å². The molecule has 0 saturated heterocycles. The van der Waals surface area contributed by atoms with Crippen LogP contribution < -0.4 is 0 Å². The molecule has 4 nitrogen and oxygen atoms in total. The van der Waals surface area contributed by atoms with Crippen molar-refractivity contribution >= 4 is 11.9 Å². The second-order valence-electron chi connectivity index (χ2n) is 3.07. The van der Waals surface area contributed by atoms with Crippen LogP contribution in [0.2, 0.25) is 0 Å². The Bertz CT molecular complexity index is 182. The van der Waals surface area contributed by atoms with Gasteiger partial charge in [-0.3, -0.25) is 9.59 Å². The van der Waals surface area contributed by atoms with E-state index >= 15 is 0 Å². The summed E-state index contributed by atoms with van der Waals surface area (Å²) in [4.78, 5) is 21.4. The van der Waals surface area contributed by atoms with Gasteiger partial charge in [0.15, 0.2) is 0 Å². The molecule has 0 atom stereocenters. The van der Waals surface area contributed by atoms with Gasteiger partial charge in [0.05, 0.1) is 0 Å². The molecule has 0 aromatic heterocycles. The van der Waals surface area contributed by atoms with Gasteiger partial charge in [0, 0.05) is 27.2 Å². The van der Waals surface area contributed by atoms with Crippen LogP contribution in [-0.2, 0) is 19.1 Å². The summed E-state index contributed by atoms with van der Waals surface area (Å²) >= 11 is 0. The molecule has 0 unspecified atom stereocenters. The number of carbonyl (C=O) groups is 2. The fourth-order valence-corrected chi connectivity index (χ4v) is 1.19. The highest BCUT2D eigenvalue weighted by Crippen LogP contribution is 2.19. The van der Waals surface area contributed by atoms with Crippen molar-refractivity contribution < 1.29 is 19.1 Å².